The van der Waals surface area contributed by atoms with Gasteiger partial charge >= 0.3 is 0 Å². The molecule has 0 unspecified atom stereocenters. The van der Waals surface area contributed by atoms with Gasteiger partial charge in [-0.2, -0.15) is 0 Å². The van der Waals surface area contributed by atoms with Gasteiger partial charge in [0, 0.05) is 16.6 Å². The van der Waals surface area contributed by atoms with Gasteiger partial charge in [0.1, 0.15) is 0 Å². The van der Waals surface area contributed by atoms with E-state index in [2.05, 4.69) is 4.98 Å². The first-order valence-corrected chi connectivity index (χ1v) is 6.67. The summed E-state index contributed by atoms with van der Waals surface area (Å²) in [5.41, 5.74) is 3.65. The monoisotopic (exact) mass is 261 g/mol. The van der Waals surface area contributed by atoms with E-state index in [9.17, 15) is 4.79 Å². The molecule has 0 saturated carbocycles. The van der Waals surface area contributed by atoms with Crippen LogP contribution < -0.4 is 0 Å². The number of benzene rings is 2. The largest absolute Gasteiger partial charge is 0.294 e. The molecule has 0 bridgehead atoms. The Morgan fingerprint density at radius 2 is 1.70 bits per heavy atom. The highest BCUT2D eigenvalue weighted by molar-refractivity contribution is 5.97. The lowest BCUT2D eigenvalue weighted by molar-refractivity contribution is 0.0992. The number of fused-ring (bicyclic) bond motifs is 1. The van der Waals surface area contributed by atoms with Crippen molar-refractivity contribution >= 4 is 16.7 Å². The van der Waals surface area contributed by atoms with Crippen LogP contribution in [0.2, 0.25) is 0 Å². The molecule has 0 amide bonds. The quantitative estimate of drug-likeness (QED) is 0.668. The molecule has 20 heavy (non-hydrogen) atoms. The lowest BCUT2D eigenvalue weighted by atomic mass is 10.0. The predicted octanol–water partition coefficient (Wildman–Crippen LogP) is 3.97. The molecule has 0 radical (unpaired) electrons. The summed E-state index contributed by atoms with van der Waals surface area (Å²) in [6.07, 6.45) is 0.341. The maximum absolute atomic E-state index is 12.2. The van der Waals surface area contributed by atoms with Gasteiger partial charge in [0.2, 0.25) is 0 Å². The number of Topliss-reactive ketones (excluding diaryl/α,β-unsaturated/α-hetero) is 1. The molecule has 98 valence electrons. The van der Waals surface area contributed by atoms with Crippen molar-refractivity contribution in [3.63, 3.8) is 0 Å². The van der Waals surface area contributed by atoms with E-state index in [0.717, 1.165) is 27.7 Å². The molecule has 2 nitrogen and oxygen atoms in total. The molecule has 0 atom stereocenters. The molecule has 0 N–H and O–H groups in total. The molecule has 0 aliphatic rings. The van der Waals surface area contributed by atoms with Crippen LogP contribution in [0.15, 0.2) is 60.7 Å². The van der Waals surface area contributed by atoms with Gasteiger partial charge in [0.15, 0.2) is 5.78 Å². The Labute approximate surface area is 118 Å². The van der Waals surface area contributed by atoms with Gasteiger partial charge in [0.05, 0.1) is 11.9 Å². The summed E-state index contributed by atoms with van der Waals surface area (Å²) in [6, 6.07) is 19.5. The second-order valence-corrected chi connectivity index (χ2v) is 4.96. The summed E-state index contributed by atoms with van der Waals surface area (Å²) in [4.78, 5) is 16.8. The fourth-order valence-corrected chi connectivity index (χ4v) is 2.21. The van der Waals surface area contributed by atoms with E-state index < -0.39 is 0 Å². The van der Waals surface area contributed by atoms with Crippen molar-refractivity contribution in [1.82, 2.24) is 4.98 Å². The summed E-state index contributed by atoms with van der Waals surface area (Å²) in [5, 5.41) is 1.10. The first-order valence-electron chi connectivity index (χ1n) is 6.67. The van der Waals surface area contributed by atoms with Crippen LogP contribution in [0, 0.1) is 6.92 Å². The van der Waals surface area contributed by atoms with E-state index in [0.29, 0.717) is 6.42 Å². The van der Waals surface area contributed by atoms with E-state index in [4.69, 9.17) is 0 Å². The minimum atomic E-state index is 0.104. The van der Waals surface area contributed by atoms with E-state index in [-0.39, 0.29) is 5.78 Å². The van der Waals surface area contributed by atoms with Crippen molar-refractivity contribution in [3.8, 4) is 0 Å². The Morgan fingerprint density at radius 3 is 2.50 bits per heavy atom. The Kier molecular flexibility index (Phi) is 3.30. The van der Waals surface area contributed by atoms with Gasteiger partial charge in [-0.25, -0.2) is 0 Å². The molecule has 3 aromatic rings. The number of para-hydroxylation sites is 1. The average molecular weight is 261 g/mol. The fraction of sp³-hybridized carbons (Fsp3) is 0.111. The SMILES string of the molecule is Cc1ccc(C(=O)Cc2ccc3ccccc3n2)cc1. The van der Waals surface area contributed by atoms with Crippen LogP contribution in [0.1, 0.15) is 21.6 Å². The van der Waals surface area contributed by atoms with Crippen molar-refractivity contribution in [1.29, 1.82) is 0 Å². The minimum absolute atomic E-state index is 0.104. The summed E-state index contributed by atoms with van der Waals surface area (Å²) in [5.74, 6) is 0.104. The van der Waals surface area contributed by atoms with Crippen LogP contribution >= 0.6 is 0 Å². The zero-order valence-corrected chi connectivity index (χ0v) is 11.3. The van der Waals surface area contributed by atoms with Crippen molar-refractivity contribution in [2.45, 2.75) is 13.3 Å². The van der Waals surface area contributed by atoms with Gasteiger partial charge < -0.3 is 0 Å². The zero-order chi connectivity index (χ0) is 13.9. The van der Waals surface area contributed by atoms with Crippen LogP contribution in [-0.2, 0) is 6.42 Å². The highest BCUT2D eigenvalue weighted by Gasteiger charge is 2.08. The molecule has 3 rings (SSSR count). The summed E-state index contributed by atoms with van der Waals surface area (Å²) in [7, 11) is 0. The minimum Gasteiger partial charge on any atom is -0.294 e. The molecule has 1 aromatic heterocycles. The van der Waals surface area contributed by atoms with Crippen LogP contribution in [-0.4, -0.2) is 10.8 Å². The molecule has 0 aliphatic heterocycles. The maximum atomic E-state index is 12.2. The first-order chi connectivity index (χ1) is 9.72. The van der Waals surface area contributed by atoms with Crippen molar-refractivity contribution in [2.24, 2.45) is 0 Å². The van der Waals surface area contributed by atoms with E-state index in [1.165, 1.54) is 0 Å². The summed E-state index contributed by atoms with van der Waals surface area (Å²) in [6.45, 7) is 2.01. The Hall–Kier alpha value is -2.48. The van der Waals surface area contributed by atoms with Crippen LogP contribution in [0.3, 0.4) is 0 Å². The number of pyridine rings is 1. The zero-order valence-electron chi connectivity index (χ0n) is 11.3. The number of hydrogen-bond acceptors (Lipinski definition) is 2. The summed E-state index contributed by atoms with van der Waals surface area (Å²) >= 11 is 0. The Morgan fingerprint density at radius 1 is 0.950 bits per heavy atom. The fourth-order valence-electron chi connectivity index (χ4n) is 2.21. The maximum Gasteiger partial charge on any atom is 0.168 e. The van der Waals surface area contributed by atoms with Gasteiger partial charge in [-0.05, 0) is 19.1 Å². The number of ketones is 1. The number of aryl methyl sites for hydroxylation is 1. The topological polar surface area (TPSA) is 30.0 Å². The standard InChI is InChI=1S/C18H15NO/c1-13-6-8-15(9-7-13)18(20)12-16-11-10-14-4-2-3-5-17(14)19-16/h2-11H,12H2,1H3. The molecule has 0 fully saturated rings. The number of nitrogens with zero attached hydrogens (tertiary/aromatic N) is 1. The molecule has 2 heteroatoms. The molecule has 1 heterocycles. The van der Waals surface area contributed by atoms with Gasteiger partial charge in [-0.3, -0.25) is 9.78 Å². The Balaban J connectivity index is 1.85. The van der Waals surface area contributed by atoms with Crippen molar-refractivity contribution in [3.05, 3.63) is 77.5 Å². The van der Waals surface area contributed by atoms with Crippen LogP contribution in [0.5, 0.6) is 0 Å². The second-order valence-electron chi connectivity index (χ2n) is 4.96. The van der Waals surface area contributed by atoms with Crippen molar-refractivity contribution < 1.29 is 4.79 Å². The highest BCUT2D eigenvalue weighted by Crippen LogP contribution is 2.13. The number of hydrogen-bond donors (Lipinski definition) is 0. The molecular weight excluding hydrogens is 246 g/mol. The van der Waals surface area contributed by atoms with Crippen molar-refractivity contribution in [2.75, 3.05) is 0 Å². The smallest absolute Gasteiger partial charge is 0.168 e. The average Bonchev–Trinajstić information content (AvgIpc) is 2.48. The first kappa shape index (κ1) is 12.5. The van der Waals surface area contributed by atoms with E-state index in [1.54, 1.807) is 0 Å². The predicted molar refractivity (Wildman–Crippen MR) is 81.0 cm³/mol. The lowest BCUT2D eigenvalue weighted by Crippen LogP contribution is -2.05. The highest BCUT2D eigenvalue weighted by atomic mass is 16.1. The third-order valence-electron chi connectivity index (χ3n) is 3.37. The van der Waals surface area contributed by atoms with Gasteiger partial charge in [0.25, 0.3) is 0 Å². The van der Waals surface area contributed by atoms with Crippen LogP contribution in [0.25, 0.3) is 10.9 Å². The number of aromatic nitrogens is 1. The number of rotatable bonds is 3. The molecule has 0 saturated heterocycles. The normalized spacial score (nSPS) is 10.7. The Bertz CT molecular complexity index is 760. The third kappa shape index (κ3) is 2.59. The summed E-state index contributed by atoms with van der Waals surface area (Å²) < 4.78 is 0. The number of carbonyl (C=O) groups excluding carboxylic acids is 1. The second kappa shape index (κ2) is 5.25. The molecule has 2 aromatic carbocycles. The van der Waals surface area contributed by atoms with Gasteiger partial charge in [-0.1, -0.05) is 54.1 Å². The van der Waals surface area contributed by atoms with E-state index in [1.807, 2.05) is 67.6 Å². The third-order valence-corrected chi connectivity index (χ3v) is 3.37. The van der Waals surface area contributed by atoms with Gasteiger partial charge in [-0.15, -0.1) is 0 Å². The molecule has 0 spiro atoms. The number of carbonyl (C=O) groups is 1. The lowest BCUT2D eigenvalue weighted by Gasteiger charge is -2.03. The molecule has 0 aliphatic carbocycles. The van der Waals surface area contributed by atoms with E-state index >= 15 is 0 Å². The molecular formula is C18H15NO. The van der Waals surface area contributed by atoms with Crippen LogP contribution in [0.4, 0.5) is 0 Å².